The van der Waals surface area contributed by atoms with Gasteiger partial charge in [-0.2, -0.15) is 0 Å². The van der Waals surface area contributed by atoms with Crippen LogP contribution in [0.5, 0.6) is 0 Å². The molecule has 0 radical (unpaired) electrons. The molecule has 0 bridgehead atoms. The van der Waals surface area contributed by atoms with Gasteiger partial charge >= 0.3 is 0 Å². The summed E-state index contributed by atoms with van der Waals surface area (Å²) in [7, 11) is 0. The number of hydrogen-bond acceptors (Lipinski definition) is 3. The number of carbonyl (C=O) groups excluding carboxylic acids is 2. The Kier molecular flexibility index (Phi) is 3.76. The lowest BCUT2D eigenvalue weighted by Crippen LogP contribution is -2.60. The number of piperidine rings is 1. The molecule has 21 heavy (non-hydrogen) atoms. The predicted octanol–water partition coefficient (Wildman–Crippen LogP) is 1.65. The third-order valence-electron chi connectivity index (χ3n) is 4.18. The average molecular weight is 308 g/mol. The summed E-state index contributed by atoms with van der Waals surface area (Å²) in [6.07, 6.45) is 2.74. The zero-order chi connectivity index (χ0) is 15.0. The van der Waals surface area contributed by atoms with Crippen LogP contribution >= 0.6 is 11.6 Å². The largest absolute Gasteiger partial charge is 0.399 e. The van der Waals surface area contributed by atoms with Crippen molar-refractivity contribution in [3.63, 3.8) is 0 Å². The quantitative estimate of drug-likeness (QED) is 0.845. The van der Waals surface area contributed by atoms with Crippen LogP contribution in [0.3, 0.4) is 0 Å². The molecule has 2 fully saturated rings. The maximum absolute atomic E-state index is 12.6. The molecular weight excluding hydrogens is 290 g/mol. The molecule has 1 unspecified atom stereocenters. The minimum atomic E-state index is -0.285. The fraction of sp³-hybridized carbons (Fsp3) is 0.467. The molecule has 5 nitrogen and oxygen atoms in total. The highest BCUT2D eigenvalue weighted by molar-refractivity contribution is 6.31. The molecule has 2 saturated heterocycles. The number of hydrogen-bond donors (Lipinski definition) is 1. The molecular formula is C15H18ClN3O2. The van der Waals surface area contributed by atoms with Gasteiger partial charge in [0.15, 0.2) is 0 Å². The van der Waals surface area contributed by atoms with Gasteiger partial charge in [-0.15, -0.1) is 0 Å². The van der Waals surface area contributed by atoms with Crippen molar-refractivity contribution in [3.05, 3.63) is 28.8 Å². The Hall–Kier alpha value is -1.75. The van der Waals surface area contributed by atoms with Crippen LogP contribution < -0.4 is 5.73 Å². The number of carbonyl (C=O) groups is 2. The van der Waals surface area contributed by atoms with Crippen LogP contribution in [-0.4, -0.2) is 40.7 Å². The van der Waals surface area contributed by atoms with E-state index in [0.29, 0.717) is 23.8 Å². The number of rotatable bonds is 2. The number of piperazine rings is 1. The molecule has 3 rings (SSSR count). The first kappa shape index (κ1) is 14.2. The van der Waals surface area contributed by atoms with Gasteiger partial charge in [-0.25, -0.2) is 0 Å². The maximum Gasteiger partial charge on any atom is 0.246 e. The number of nitrogen functional groups attached to an aromatic ring is 1. The van der Waals surface area contributed by atoms with E-state index in [2.05, 4.69) is 0 Å². The third-order valence-corrected chi connectivity index (χ3v) is 4.54. The van der Waals surface area contributed by atoms with Crippen LogP contribution in [0.25, 0.3) is 0 Å². The van der Waals surface area contributed by atoms with Gasteiger partial charge in [-0.05, 0) is 37.0 Å². The second-order valence-electron chi connectivity index (χ2n) is 5.64. The van der Waals surface area contributed by atoms with E-state index in [1.165, 1.54) is 0 Å². The third kappa shape index (κ3) is 2.70. The second-order valence-corrected chi connectivity index (χ2v) is 6.05. The van der Waals surface area contributed by atoms with Gasteiger partial charge < -0.3 is 15.5 Å². The molecule has 2 aliphatic rings. The van der Waals surface area contributed by atoms with E-state index < -0.39 is 0 Å². The zero-order valence-electron chi connectivity index (χ0n) is 11.7. The minimum Gasteiger partial charge on any atom is -0.399 e. The van der Waals surface area contributed by atoms with Gasteiger partial charge in [-0.3, -0.25) is 9.59 Å². The molecule has 2 amide bonds. The van der Waals surface area contributed by atoms with Gasteiger partial charge in [0.1, 0.15) is 12.6 Å². The molecule has 2 aliphatic heterocycles. The number of fused-ring (bicyclic) bond motifs is 1. The first-order chi connectivity index (χ1) is 10.1. The molecule has 0 aromatic heterocycles. The van der Waals surface area contributed by atoms with Crippen molar-refractivity contribution in [2.45, 2.75) is 31.8 Å². The van der Waals surface area contributed by atoms with Crippen molar-refractivity contribution in [2.24, 2.45) is 0 Å². The van der Waals surface area contributed by atoms with Gasteiger partial charge in [0.2, 0.25) is 11.8 Å². The normalized spacial score (nSPS) is 22.4. The molecule has 112 valence electrons. The fourth-order valence-corrected chi connectivity index (χ4v) is 3.31. The van der Waals surface area contributed by atoms with Gasteiger partial charge in [0, 0.05) is 23.8 Å². The molecule has 6 heteroatoms. The van der Waals surface area contributed by atoms with Gasteiger partial charge in [0.25, 0.3) is 0 Å². The van der Waals surface area contributed by atoms with Crippen LogP contribution in [0.4, 0.5) is 5.69 Å². The molecule has 0 aliphatic carbocycles. The summed E-state index contributed by atoms with van der Waals surface area (Å²) in [5, 5.41) is 0.529. The highest BCUT2D eigenvalue weighted by Gasteiger charge is 2.40. The monoisotopic (exact) mass is 307 g/mol. The lowest BCUT2D eigenvalue weighted by molar-refractivity contribution is -0.158. The Bertz CT molecular complexity index is 590. The average Bonchev–Trinajstić information content (AvgIpc) is 2.47. The maximum atomic E-state index is 12.6. The number of anilines is 1. The van der Waals surface area contributed by atoms with Crippen LogP contribution in [0.1, 0.15) is 24.8 Å². The van der Waals surface area contributed by atoms with Gasteiger partial charge in [-0.1, -0.05) is 17.7 Å². The molecule has 0 spiro atoms. The number of benzene rings is 1. The number of nitrogens with two attached hydrogens (primary N) is 1. The predicted molar refractivity (Wildman–Crippen MR) is 80.6 cm³/mol. The Morgan fingerprint density at radius 1 is 1.29 bits per heavy atom. The summed E-state index contributed by atoms with van der Waals surface area (Å²) >= 11 is 6.16. The van der Waals surface area contributed by atoms with E-state index in [1.807, 2.05) is 6.07 Å². The van der Waals surface area contributed by atoms with Crippen molar-refractivity contribution in [2.75, 3.05) is 18.8 Å². The molecule has 2 heterocycles. The molecule has 1 aromatic rings. The van der Waals surface area contributed by atoms with E-state index in [0.717, 1.165) is 24.8 Å². The summed E-state index contributed by atoms with van der Waals surface area (Å²) in [5.41, 5.74) is 7.07. The van der Waals surface area contributed by atoms with Gasteiger partial charge in [0.05, 0.1) is 0 Å². The Morgan fingerprint density at radius 2 is 2.10 bits per heavy atom. The summed E-state index contributed by atoms with van der Waals surface area (Å²) < 4.78 is 0. The zero-order valence-corrected chi connectivity index (χ0v) is 12.5. The smallest absolute Gasteiger partial charge is 0.246 e. The molecule has 1 aromatic carbocycles. The van der Waals surface area contributed by atoms with Crippen molar-refractivity contribution >= 4 is 29.1 Å². The second kappa shape index (κ2) is 5.56. The summed E-state index contributed by atoms with van der Waals surface area (Å²) in [6.45, 7) is 1.19. The Morgan fingerprint density at radius 3 is 2.86 bits per heavy atom. The van der Waals surface area contributed by atoms with Crippen molar-refractivity contribution in [1.29, 1.82) is 0 Å². The van der Waals surface area contributed by atoms with Crippen LogP contribution in [0.15, 0.2) is 18.2 Å². The first-order valence-electron chi connectivity index (χ1n) is 7.18. The van der Waals surface area contributed by atoms with Crippen LogP contribution in [-0.2, 0) is 16.1 Å². The summed E-state index contributed by atoms with van der Waals surface area (Å²) in [5.74, 6) is 0.0630. The highest BCUT2D eigenvalue weighted by Crippen LogP contribution is 2.26. The molecule has 0 saturated carbocycles. The van der Waals surface area contributed by atoms with E-state index in [1.54, 1.807) is 21.9 Å². The number of nitrogens with zero attached hydrogens (tertiary/aromatic N) is 2. The lowest BCUT2D eigenvalue weighted by Gasteiger charge is -2.42. The fourth-order valence-electron chi connectivity index (χ4n) is 3.06. The lowest BCUT2D eigenvalue weighted by atomic mass is 9.98. The Balaban J connectivity index is 1.79. The van der Waals surface area contributed by atoms with Crippen LogP contribution in [0.2, 0.25) is 5.02 Å². The summed E-state index contributed by atoms with van der Waals surface area (Å²) in [6, 6.07) is 4.94. The van der Waals surface area contributed by atoms with E-state index >= 15 is 0 Å². The van der Waals surface area contributed by atoms with E-state index in [-0.39, 0.29) is 24.4 Å². The molecule has 2 N–H and O–H groups in total. The number of halogens is 1. The first-order valence-corrected chi connectivity index (χ1v) is 7.56. The van der Waals surface area contributed by atoms with Crippen molar-refractivity contribution in [1.82, 2.24) is 9.80 Å². The standard InChI is InChI=1S/C15H18ClN3O2/c16-12-7-11(17)5-4-10(12)8-18-9-14(20)19-6-2-1-3-13(19)15(18)21/h4-5,7,13H,1-3,6,8-9,17H2. The summed E-state index contributed by atoms with van der Waals surface area (Å²) in [4.78, 5) is 28.1. The van der Waals surface area contributed by atoms with E-state index in [9.17, 15) is 9.59 Å². The van der Waals surface area contributed by atoms with E-state index in [4.69, 9.17) is 17.3 Å². The SMILES string of the molecule is Nc1ccc(CN2CC(=O)N3CCCCC3C2=O)c(Cl)c1. The Labute approximate surface area is 128 Å². The highest BCUT2D eigenvalue weighted by atomic mass is 35.5. The topological polar surface area (TPSA) is 66.6 Å². The van der Waals surface area contributed by atoms with Crippen molar-refractivity contribution in [3.8, 4) is 0 Å². The van der Waals surface area contributed by atoms with Crippen LogP contribution in [0, 0.1) is 0 Å². The molecule has 1 atom stereocenters. The number of amides is 2. The minimum absolute atomic E-state index is 0.0298. The van der Waals surface area contributed by atoms with Crippen molar-refractivity contribution < 1.29 is 9.59 Å².